The summed E-state index contributed by atoms with van der Waals surface area (Å²) in [5.74, 6) is 0. The van der Waals surface area contributed by atoms with E-state index in [2.05, 4.69) is 0 Å². The van der Waals surface area contributed by atoms with Crippen molar-refractivity contribution in [2.24, 2.45) is 0 Å². The Morgan fingerprint density at radius 1 is 0.929 bits per heavy atom. The molecule has 14 heavy (non-hydrogen) atoms. The van der Waals surface area contributed by atoms with E-state index >= 15 is 0 Å². The average Bonchev–Trinajstić information content (AvgIpc) is 2.22. The second-order valence-corrected chi connectivity index (χ2v) is 3.52. The summed E-state index contributed by atoms with van der Waals surface area (Å²) < 4.78 is 15.8. The number of methoxy groups -OCH3 is 1. The Balaban J connectivity index is 3.40. The van der Waals surface area contributed by atoms with Gasteiger partial charge in [0.2, 0.25) is 0 Å². The number of aliphatic hydroxyl groups is 1. The van der Waals surface area contributed by atoms with Crippen molar-refractivity contribution < 1.29 is 19.3 Å². The molecule has 86 valence electrons. The fourth-order valence-corrected chi connectivity index (χ4v) is 0.768. The van der Waals surface area contributed by atoms with Crippen LogP contribution in [0, 0.1) is 0 Å². The van der Waals surface area contributed by atoms with E-state index in [4.69, 9.17) is 19.3 Å². The summed E-state index contributed by atoms with van der Waals surface area (Å²) in [5.41, 5.74) is 0. The smallest absolute Gasteiger partial charge is 0.0781 e. The largest absolute Gasteiger partial charge is 0.394 e. The molecule has 0 rings (SSSR count). The van der Waals surface area contributed by atoms with E-state index in [0.717, 1.165) is 0 Å². The van der Waals surface area contributed by atoms with Gasteiger partial charge >= 0.3 is 0 Å². The fourth-order valence-electron chi connectivity index (χ4n) is 0.768. The van der Waals surface area contributed by atoms with Crippen LogP contribution in [0.3, 0.4) is 0 Å². The maximum absolute atomic E-state index is 8.72. The molecular weight excluding hydrogens is 184 g/mol. The first-order chi connectivity index (χ1) is 6.60. The van der Waals surface area contributed by atoms with E-state index in [1.807, 2.05) is 20.8 Å². The van der Waals surface area contributed by atoms with Crippen molar-refractivity contribution in [2.75, 3.05) is 26.9 Å². The molecule has 3 atom stereocenters. The minimum atomic E-state index is -0.124. The maximum atomic E-state index is 8.72. The summed E-state index contributed by atoms with van der Waals surface area (Å²) in [4.78, 5) is 0. The Kier molecular flexibility index (Phi) is 8.08. The van der Waals surface area contributed by atoms with E-state index in [1.165, 1.54) is 0 Å². The van der Waals surface area contributed by atoms with E-state index in [1.54, 1.807) is 7.11 Å². The number of aliphatic hydroxyl groups excluding tert-OH is 1. The number of hydrogen-bond acceptors (Lipinski definition) is 4. The molecule has 0 saturated carbocycles. The minimum Gasteiger partial charge on any atom is -0.394 e. The second kappa shape index (κ2) is 8.17. The van der Waals surface area contributed by atoms with Crippen molar-refractivity contribution in [2.45, 2.75) is 39.1 Å². The Hall–Kier alpha value is -0.160. The van der Waals surface area contributed by atoms with E-state index in [-0.39, 0.29) is 24.9 Å². The predicted octanol–water partition coefficient (Wildman–Crippen LogP) is 0.824. The molecule has 0 bridgehead atoms. The number of ether oxygens (including phenoxy) is 3. The maximum Gasteiger partial charge on any atom is 0.0781 e. The van der Waals surface area contributed by atoms with Crippen LogP contribution in [0.2, 0.25) is 0 Å². The fraction of sp³-hybridized carbons (Fsp3) is 1.00. The molecular formula is C10H22O4. The lowest BCUT2D eigenvalue weighted by Crippen LogP contribution is -2.25. The first-order valence-electron chi connectivity index (χ1n) is 4.97. The van der Waals surface area contributed by atoms with Gasteiger partial charge in [-0.3, -0.25) is 0 Å². The van der Waals surface area contributed by atoms with Gasteiger partial charge in [0.15, 0.2) is 0 Å². The van der Waals surface area contributed by atoms with Crippen LogP contribution in [-0.2, 0) is 14.2 Å². The van der Waals surface area contributed by atoms with Crippen LogP contribution in [0.25, 0.3) is 0 Å². The molecule has 0 aromatic rings. The van der Waals surface area contributed by atoms with Gasteiger partial charge in [-0.1, -0.05) is 0 Å². The normalized spacial score (nSPS) is 17.8. The molecule has 0 aliphatic heterocycles. The Bertz CT molecular complexity index is 115. The van der Waals surface area contributed by atoms with Gasteiger partial charge in [0, 0.05) is 7.11 Å². The third-order valence-electron chi connectivity index (χ3n) is 1.89. The lowest BCUT2D eigenvalue weighted by Gasteiger charge is -2.18. The van der Waals surface area contributed by atoms with Crippen LogP contribution < -0.4 is 0 Å². The van der Waals surface area contributed by atoms with E-state index in [0.29, 0.717) is 13.2 Å². The summed E-state index contributed by atoms with van der Waals surface area (Å²) in [6.07, 6.45) is 0.00946. The molecule has 0 saturated heterocycles. The molecule has 1 N–H and O–H groups in total. The zero-order valence-corrected chi connectivity index (χ0v) is 9.53. The van der Waals surface area contributed by atoms with Gasteiger partial charge in [0.1, 0.15) is 0 Å². The van der Waals surface area contributed by atoms with Gasteiger partial charge in [0.25, 0.3) is 0 Å². The van der Waals surface area contributed by atoms with Crippen molar-refractivity contribution in [1.82, 2.24) is 0 Å². The Labute approximate surface area is 86.2 Å². The van der Waals surface area contributed by atoms with Crippen LogP contribution in [0.5, 0.6) is 0 Å². The summed E-state index contributed by atoms with van der Waals surface area (Å²) in [6, 6.07) is 0. The third-order valence-corrected chi connectivity index (χ3v) is 1.89. The van der Waals surface area contributed by atoms with E-state index in [9.17, 15) is 0 Å². The van der Waals surface area contributed by atoms with Gasteiger partial charge in [-0.2, -0.15) is 0 Å². The lowest BCUT2D eigenvalue weighted by atomic mass is 10.4. The quantitative estimate of drug-likeness (QED) is 0.639. The number of hydrogen-bond donors (Lipinski definition) is 1. The van der Waals surface area contributed by atoms with Crippen molar-refractivity contribution in [3.8, 4) is 0 Å². The van der Waals surface area contributed by atoms with Gasteiger partial charge in [-0.15, -0.1) is 0 Å². The molecule has 4 heteroatoms. The third kappa shape index (κ3) is 7.26. The highest BCUT2D eigenvalue weighted by Gasteiger charge is 2.07. The summed E-state index contributed by atoms with van der Waals surface area (Å²) in [5, 5.41) is 8.72. The summed E-state index contributed by atoms with van der Waals surface area (Å²) in [6.45, 7) is 6.81. The van der Waals surface area contributed by atoms with Gasteiger partial charge in [0.05, 0.1) is 38.1 Å². The van der Waals surface area contributed by atoms with E-state index < -0.39 is 0 Å². The van der Waals surface area contributed by atoms with Crippen molar-refractivity contribution in [1.29, 1.82) is 0 Å². The topological polar surface area (TPSA) is 47.9 Å². The van der Waals surface area contributed by atoms with Crippen LogP contribution >= 0.6 is 0 Å². The van der Waals surface area contributed by atoms with Crippen LogP contribution in [0.15, 0.2) is 0 Å². The molecule has 0 spiro atoms. The molecule has 0 aromatic heterocycles. The highest BCUT2D eigenvalue weighted by Crippen LogP contribution is 1.98. The Morgan fingerprint density at radius 2 is 1.43 bits per heavy atom. The van der Waals surface area contributed by atoms with Crippen LogP contribution in [0.1, 0.15) is 20.8 Å². The summed E-state index contributed by atoms with van der Waals surface area (Å²) in [7, 11) is 1.66. The summed E-state index contributed by atoms with van der Waals surface area (Å²) >= 11 is 0. The standard InChI is InChI=1S/C10H22O4/c1-8(5-11)13-7-10(3)14-6-9(2)12-4/h8-11H,5-7H2,1-4H3/t8-,9-,10-/m1/s1. The first-order valence-corrected chi connectivity index (χ1v) is 4.97. The predicted molar refractivity (Wildman–Crippen MR) is 54.4 cm³/mol. The van der Waals surface area contributed by atoms with Gasteiger partial charge in [-0.05, 0) is 20.8 Å². The molecule has 0 heterocycles. The SMILES string of the molecule is CO[C@H](C)CO[C@H](C)CO[C@H](C)CO. The zero-order chi connectivity index (χ0) is 11.0. The average molecular weight is 206 g/mol. The lowest BCUT2D eigenvalue weighted by molar-refractivity contribution is -0.0677. The second-order valence-electron chi connectivity index (χ2n) is 3.52. The minimum absolute atomic E-state index is 0.0293. The van der Waals surface area contributed by atoms with Crippen molar-refractivity contribution >= 4 is 0 Å². The molecule has 0 aliphatic carbocycles. The zero-order valence-electron chi connectivity index (χ0n) is 9.53. The van der Waals surface area contributed by atoms with Crippen molar-refractivity contribution in [3.05, 3.63) is 0 Å². The molecule has 0 amide bonds. The molecule has 4 nitrogen and oxygen atoms in total. The first kappa shape index (κ1) is 13.8. The van der Waals surface area contributed by atoms with Crippen LogP contribution in [-0.4, -0.2) is 50.3 Å². The molecule has 0 aliphatic rings. The highest BCUT2D eigenvalue weighted by atomic mass is 16.6. The monoisotopic (exact) mass is 206 g/mol. The molecule has 0 fully saturated rings. The van der Waals surface area contributed by atoms with Crippen LogP contribution in [0.4, 0.5) is 0 Å². The highest BCUT2D eigenvalue weighted by molar-refractivity contribution is 4.53. The molecule has 0 unspecified atom stereocenters. The van der Waals surface area contributed by atoms with Gasteiger partial charge in [-0.25, -0.2) is 0 Å². The number of rotatable bonds is 8. The van der Waals surface area contributed by atoms with Crippen molar-refractivity contribution in [3.63, 3.8) is 0 Å². The Morgan fingerprint density at radius 3 is 1.93 bits per heavy atom. The molecule has 0 aromatic carbocycles. The molecule has 0 radical (unpaired) electrons. The van der Waals surface area contributed by atoms with Gasteiger partial charge < -0.3 is 19.3 Å².